The minimum absolute atomic E-state index is 0.0960. The van der Waals surface area contributed by atoms with E-state index >= 15 is 0 Å². The highest BCUT2D eigenvalue weighted by Crippen LogP contribution is 2.22. The topological polar surface area (TPSA) is 67.9 Å². The first-order chi connectivity index (χ1) is 16.7. The second-order valence-corrected chi connectivity index (χ2v) is 10.4. The van der Waals surface area contributed by atoms with Crippen molar-refractivity contribution in [3.05, 3.63) is 35.9 Å². The number of rotatable bonds is 8. The van der Waals surface area contributed by atoms with Gasteiger partial charge in [-0.3, -0.25) is 14.6 Å². The van der Waals surface area contributed by atoms with Crippen LogP contribution in [0.1, 0.15) is 56.9 Å². The number of carbonyl (C=O) groups is 2. The van der Waals surface area contributed by atoms with Crippen LogP contribution in [0.3, 0.4) is 0 Å². The van der Waals surface area contributed by atoms with E-state index in [9.17, 15) is 9.59 Å². The van der Waals surface area contributed by atoms with Gasteiger partial charge in [0.05, 0.1) is 0 Å². The van der Waals surface area contributed by atoms with Crippen LogP contribution in [0.5, 0.6) is 0 Å². The number of piperidine rings is 1. The lowest BCUT2D eigenvalue weighted by Gasteiger charge is -2.35. The summed E-state index contributed by atoms with van der Waals surface area (Å²) in [4.78, 5) is 31.9. The lowest BCUT2D eigenvalue weighted by atomic mass is 9.93. The Kier molecular flexibility index (Phi) is 9.63. The first-order valence-corrected chi connectivity index (χ1v) is 13.5. The van der Waals surface area contributed by atoms with Gasteiger partial charge in [0.25, 0.3) is 0 Å². The van der Waals surface area contributed by atoms with Gasteiger partial charge in [-0.25, -0.2) is 4.79 Å². The second-order valence-electron chi connectivity index (χ2n) is 10.4. The van der Waals surface area contributed by atoms with Crippen LogP contribution in [0.2, 0.25) is 0 Å². The van der Waals surface area contributed by atoms with Crippen LogP contribution in [0.15, 0.2) is 30.3 Å². The Balaban J connectivity index is 1.04. The highest BCUT2D eigenvalue weighted by atomic mass is 16.2. The predicted molar refractivity (Wildman–Crippen MR) is 135 cm³/mol. The zero-order valence-electron chi connectivity index (χ0n) is 20.7. The van der Waals surface area contributed by atoms with E-state index in [1.807, 2.05) is 4.90 Å². The summed E-state index contributed by atoms with van der Waals surface area (Å²) in [6.07, 6.45) is 8.43. The average Bonchev–Trinajstić information content (AvgIpc) is 2.87. The molecule has 0 radical (unpaired) electrons. The van der Waals surface area contributed by atoms with Crippen LogP contribution < -0.4 is 10.6 Å². The number of nitrogens with zero attached hydrogens (tertiary/aromatic N) is 3. The number of likely N-dealkylation sites (tertiary alicyclic amines) is 1. The molecule has 3 aliphatic rings. The van der Waals surface area contributed by atoms with E-state index < -0.39 is 0 Å². The van der Waals surface area contributed by atoms with Gasteiger partial charge >= 0.3 is 6.03 Å². The molecule has 3 fully saturated rings. The van der Waals surface area contributed by atoms with E-state index in [0.717, 1.165) is 84.6 Å². The number of hydrogen-bond donors (Lipinski definition) is 2. The second kappa shape index (κ2) is 13.1. The van der Waals surface area contributed by atoms with E-state index in [-0.39, 0.29) is 11.9 Å². The van der Waals surface area contributed by atoms with Gasteiger partial charge in [0.15, 0.2) is 0 Å². The summed E-state index contributed by atoms with van der Waals surface area (Å²) in [5.74, 6) is 0.549. The number of piperazine rings is 1. The number of amides is 3. The van der Waals surface area contributed by atoms with Gasteiger partial charge in [-0.15, -0.1) is 0 Å². The molecule has 1 saturated carbocycles. The molecule has 1 aromatic carbocycles. The minimum Gasteiger partial charge on any atom is -0.355 e. The molecule has 0 spiro atoms. The normalized spacial score (nSPS) is 21.4. The quantitative estimate of drug-likeness (QED) is 0.614. The highest BCUT2D eigenvalue weighted by Gasteiger charge is 2.26. The maximum absolute atomic E-state index is 12.5. The van der Waals surface area contributed by atoms with Crippen molar-refractivity contribution in [2.45, 2.75) is 64.0 Å². The van der Waals surface area contributed by atoms with Gasteiger partial charge in [0.2, 0.25) is 5.91 Å². The third-order valence-corrected chi connectivity index (χ3v) is 7.77. The maximum Gasteiger partial charge on any atom is 0.317 e. The van der Waals surface area contributed by atoms with Crippen molar-refractivity contribution in [2.75, 3.05) is 52.4 Å². The highest BCUT2D eigenvalue weighted by molar-refractivity contribution is 5.76. The molecule has 2 saturated heterocycles. The molecule has 2 heterocycles. The summed E-state index contributed by atoms with van der Waals surface area (Å²) in [6.45, 7) is 8.48. The molecule has 7 nitrogen and oxygen atoms in total. The van der Waals surface area contributed by atoms with Crippen LogP contribution in [0.25, 0.3) is 0 Å². The van der Waals surface area contributed by atoms with Crippen molar-refractivity contribution < 1.29 is 9.59 Å². The van der Waals surface area contributed by atoms with Crippen LogP contribution >= 0.6 is 0 Å². The monoisotopic (exact) mass is 469 g/mol. The van der Waals surface area contributed by atoms with Gasteiger partial charge in [0, 0.05) is 71.4 Å². The molecule has 4 rings (SSSR count). The number of urea groups is 1. The van der Waals surface area contributed by atoms with Gasteiger partial charge in [-0.1, -0.05) is 49.6 Å². The summed E-state index contributed by atoms with van der Waals surface area (Å²) in [7, 11) is 0. The smallest absolute Gasteiger partial charge is 0.317 e. The zero-order valence-corrected chi connectivity index (χ0v) is 20.7. The van der Waals surface area contributed by atoms with Crippen LogP contribution in [-0.2, 0) is 11.3 Å². The molecule has 3 amide bonds. The van der Waals surface area contributed by atoms with Crippen molar-refractivity contribution in [3.8, 4) is 0 Å². The summed E-state index contributed by atoms with van der Waals surface area (Å²) < 4.78 is 0. The van der Waals surface area contributed by atoms with E-state index in [1.165, 1.54) is 24.8 Å². The molecule has 7 heteroatoms. The Morgan fingerprint density at radius 3 is 2.21 bits per heavy atom. The summed E-state index contributed by atoms with van der Waals surface area (Å²) in [6, 6.07) is 11.1. The Morgan fingerprint density at radius 2 is 1.50 bits per heavy atom. The standard InChI is InChI=1S/C27H43N5O2/c33-26(21-23-11-14-32(15-12-23)27(34)29-25-9-5-2-6-10-25)28-13-16-30-17-19-31(20-18-30)22-24-7-3-1-4-8-24/h1,3-4,7-8,23,25H,2,5-6,9-22H2,(H,28,33)(H,29,34). The fourth-order valence-electron chi connectivity index (χ4n) is 5.55. The summed E-state index contributed by atoms with van der Waals surface area (Å²) >= 11 is 0. The largest absolute Gasteiger partial charge is 0.355 e. The third kappa shape index (κ3) is 7.98. The van der Waals surface area contributed by atoms with Crippen molar-refractivity contribution in [1.82, 2.24) is 25.3 Å². The van der Waals surface area contributed by atoms with Crippen LogP contribution in [0.4, 0.5) is 4.79 Å². The molecule has 0 atom stereocenters. The molecule has 1 aliphatic carbocycles. The summed E-state index contributed by atoms with van der Waals surface area (Å²) in [5, 5.41) is 6.35. The fourth-order valence-corrected chi connectivity index (χ4v) is 5.55. The number of nitrogens with one attached hydrogen (secondary N) is 2. The van der Waals surface area contributed by atoms with Crippen LogP contribution in [-0.4, -0.2) is 85.0 Å². The van der Waals surface area contributed by atoms with Crippen molar-refractivity contribution in [2.24, 2.45) is 5.92 Å². The number of benzene rings is 1. The lowest BCUT2D eigenvalue weighted by Crippen LogP contribution is -2.49. The van der Waals surface area contributed by atoms with E-state index in [4.69, 9.17) is 0 Å². The predicted octanol–water partition coefficient (Wildman–Crippen LogP) is 3.06. The Hall–Kier alpha value is -2.12. The van der Waals surface area contributed by atoms with Crippen LogP contribution in [0, 0.1) is 5.92 Å². The van der Waals surface area contributed by atoms with E-state index in [2.05, 4.69) is 50.8 Å². The molecule has 188 valence electrons. The lowest BCUT2D eigenvalue weighted by molar-refractivity contribution is -0.122. The van der Waals surface area contributed by atoms with Gasteiger partial charge in [-0.2, -0.15) is 0 Å². The van der Waals surface area contributed by atoms with Crippen molar-refractivity contribution >= 4 is 11.9 Å². The van der Waals surface area contributed by atoms with Gasteiger partial charge in [0.1, 0.15) is 0 Å². The Morgan fingerprint density at radius 1 is 0.824 bits per heavy atom. The molecule has 2 N–H and O–H groups in total. The molecular formula is C27H43N5O2. The van der Waals surface area contributed by atoms with E-state index in [1.54, 1.807) is 0 Å². The third-order valence-electron chi connectivity index (χ3n) is 7.77. The van der Waals surface area contributed by atoms with E-state index in [0.29, 0.717) is 18.4 Å². The molecule has 0 aromatic heterocycles. The SMILES string of the molecule is O=C(CC1CCN(C(=O)NC2CCCCC2)CC1)NCCN1CCN(Cc2ccccc2)CC1. The Labute approximate surface area is 205 Å². The Bertz CT molecular complexity index is 752. The first-order valence-electron chi connectivity index (χ1n) is 13.5. The van der Waals surface area contributed by atoms with Gasteiger partial charge in [-0.05, 0) is 37.2 Å². The maximum atomic E-state index is 12.5. The van der Waals surface area contributed by atoms with Crippen molar-refractivity contribution in [1.29, 1.82) is 0 Å². The molecule has 0 bridgehead atoms. The molecule has 0 unspecified atom stereocenters. The average molecular weight is 470 g/mol. The first kappa shape index (κ1) is 25.0. The fraction of sp³-hybridized carbons (Fsp3) is 0.704. The molecular weight excluding hydrogens is 426 g/mol. The molecule has 2 aliphatic heterocycles. The molecule has 1 aromatic rings. The number of carbonyl (C=O) groups excluding carboxylic acids is 2. The molecule has 34 heavy (non-hydrogen) atoms. The van der Waals surface area contributed by atoms with Gasteiger partial charge < -0.3 is 15.5 Å². The summed E-state index contributed by atoms with van der Waals surface area (Å²) in [5.41, 5.74) is 1.37. The zero-order chi connectivity index (χ0) is 23.6. The number of hydrogen-bond acceptors (Lipinski definition) is 4. The minimum atomic E-state index is 0.0960. The van der Waals surface area contributed by atoms with Crippen molar-refractivity contribution in [3.63, 3.8) is 0 Å².